The first kappa shape index (κ1) is 37.1. The normalized spacial score (nSPS) is 15.0. The van der Waals surface area contributed by atoms with Crippen LogP contribution in [0.5, 0.6) is 0 Å². The molecule has 0 aliphatic heterocycles. The van der Waals surface area contributed by atoms with Crippen LogP contribution >= 0.6 is 0 Å². The molecule has 0 N–H and O–H groups in total. The Hall–Kier alpha value is -8.35. The van der Waals surface area contributed by atoms with E-state index in [2.05, 4.69) is 194 Å². The summed E-state index contributed by atoms with van der Waals surface area (Å²) in [6.45, 7) is 4.61. The minimum atomic E-state index is -0.165. The third-order valence-corrected chi connectivity index (χ3v) is 14.2. The Labute approximate surface area is 380 Å². The zero-order valence-electron chi connectivity index (χ0n) is 36.3. The van der Waals surface area contributed by atoms with Crippen molar-refractivity contribution in [2.45, 2.75) is 31.6 Å². The van der Waals surface area contributed by atoms with Crippen LogP contribution in [0.4, 0.5) is 0 Å². The van der Waals surface area contributed by atoms with E-state index in [1.54, 1.807) is 0 Å². The lowest BCUT2D eigenvalue weighted by Crippen LogP contribution is -2.15. The van der Waals surface area contributed by atoms with Gasteiger partial charge >= 0.3 is 0 Å². The molecule has 4 aromatic heterocycles. The average Bonchev–Trinajstić information content (AvgIpc) is 4.10. The van der Waals surface area contributed by atoms with Gasteiger partial charge in [0.1, 0.15) is 28.3 Å². The first-order valence-electron chi connectivity index (χ1n) is 22.7. The molecule has 0 saturated carbocycles. The number of allylic oxidation sites excluding steroid dienone is 1. The minimum Gasteiger partial charge on any atom is -0.460 e. The van der Waals surface area contributed by atoms with Gasteiger partial charge in [-0.25, -0.2) is 15.0 Å². The van der Waals surface area contributed by atoms with Gasteiger partial charge < -0.3 is 13.4 Å². The molecule has 0 saturated heterocycles. The highest BCUT2D eigenvalue weighted by atomic mass is 16.3. The standard InChI is InChI=1S/C60H40N4O2/c1-60(2)49-20-9-6-15-41(49)42-27-24-36(31-50(42)60)57-61-58(37-25-29-46-45-17-8-11-22-53(45)65-54(46)33-37)63-59(62-57)38-26-30-47-48-19-12-18-40(56(48)66-55(47)34-38)35-23-28-44-43-16-7-10-21-51(43)64(52(44)32-35)39-13-4-3-5-14-39/h3-32,34,37H,33H2,1-2H3. The van der Waals surface area contributed by atoms with Gasteiger partial charge in [0.25, 0.3) is 0 Å². The quantitative estimate of drug-likeness (QED) is 0.173. The second-order valence-corrected chi connectivity index (χ2v) is 18.3. The summed E-state index contributed by atoms with van der Waals surface area (Å²) in [5, 5.41) is 5.67. The van der Waals surface area contributed by atoms with Crippen LogP contribution in [-0.2, 0) is 11.8 Å². The van der Waals surface area contributed by atoms with Gasteiger partial charge in [0.2, 0.25) is 0 Å². The summed E-state index contributed by atoms with van der Waals surface area (Å²) in [5.74, 6) is 2.79. The number of rotatable bonds is 5. The van der Waals surface area contributed by atoms with E-state index in [1.165, 1.54) is 38.5 Å². The molecular formula is C60H40N4O2. The topological polar surface area (TPSA) is 69.9 Å². The van der Waals surface area contributed by atoms with E-state index in [4.69, 9.17) is 23.8 Å². The fraction of sp³-hybridized carbons (Fsp3) is 0.0833. The van der Waals surface area contributed by atoms with Crippen LogP contribution in [0.2, 0.25) is 0 Å². The van der Waals surface area contributed by atoms with E-state index in [0.717, 1.165) is 77.7 Å². The summed E-state index contributed by atoms with van der Waals surface area (Å²) in [5.41, 5.74) is 16.0. The second kappa shape index (κ2) is 13.8. The monoisotopic (exact) mass is 848 g/mol. The minimum absolute atomic E-state index is 0.107. The Morgan fingerprint density at radius 3 is 2.08 bits per heavy atom. The fourth-order valence-corrected chi connectivity index (χ4v) is 10.9. The van der Waals surface area contributed by atoms with Gasteiger partial charge in [-0.2, -0.15) is 0 Å². The van der Waals surface area contributed by atoms with Gasteiger partial charge in [0, 0.05) is 72.6 Å². The number of fused-ring (bicyclic) bond motifs is 12. The molecule has 1 atom stereocenters. The molecule has 14 rings (SSSR count). The van der Waals surface area contributed by atoms with E-state index >= 15 is 0 Å². The zero-order valence-corrected chi connectivity index (χ0v) is 36.3. The predicted octanol–water partition coefficient (Wildman–Crippen LogP) is 15.3. The Bertz CT molecular complexity index is 4020. The Balaban J connectivity index is 0.904. The number of hydrogen-bond acceptors (Lipinski definition) is 5. The molecule has 4 heterocycles. The van der Waals surface area contributed by atoms with E-state index in [9.17, 15) is 0 Å². The van der Waals surface area contributed by atoms with Crippen LogP contribution in [0.3, 0.4) is 0 Å². The number of furan rings is 2. The lowest BCUT2D eigenvalue weighted by atomic mass is 9.82. The molecule has 8 aromatic carbocycles. The van der Waals surface area contributed by atoms with Gasteiger partial charge in [-0.15, -0.1) is 0 Å². The molecule has 12 aromatic rings. The zero-order chi connectivity index (χ0) is 43.7. The van der Waals surface area contributed by atoms with Crippen LogP contribution in [-0.4, -0.2) is 19.5 Å². The van der Waals surface area contributed by atoms with Crippen molar-refractivity contribution in [1.29, 1.82) is 0 Å². The van der Waals surface area contributed by atoms with Crippen molar-refractivity contribution in [2.24, 2.45) is 0 Å². The lowest BCUT2D eigenvalue weighted by Gasteiger charge is -2.22. The molecule has 1 unspecified atom stereocenters. The third-order valence-electron chi connectivity index (χ3n) is 14.2. The van der Waals surface area contributed by atoms with Gasteiger partial charge in [-0.1, -0.05) is 153 Å². The van der Waals surface area contributed by atoms with Crippen LogP contribution < -0.4 is 0 Å². The molecule has 0 radical (unpaired) electrons. The van der Waals surface area contributed by atoms with Crippen molar-refractivity contribution in [2.75, 3.05) is 0 Å². The highest BCUT2D eigenvalue weighted by Gasteiger charge is 2.36. The molecule has 6 heteroatoms. The first-order chi connectivity index (χ1) is 32.4. The van der Waals surface area contributed by atoms with Crippen LogP contribution in [0, 0.1) is 0 Å². The summed E-state index contributed by atoms with van der Waals surface area (Å²) in [6.07, 6.45) is 5.04. The van der Waals surface area contributed by atoms with Crippen molar-refractivity contribution in [1.82, 2.24) is 19.5 Å². The highest BCUT2D eigenvalue weighted by molar-refractivity contribution is 6.13. The summed E-state index contributed by atoms with van der Waals surface area (Å²) in [7, 11) is 0. The van der Waals surface area contributed by atoms with Crippen LogP contribution in [0.15, 0.2) is 191 Å². The van der Waals surface area contributed by atoms with Gasteiger partial charge in [-0.05, 0) is 76.3 Å². The van der Waals surface area contributed by atoms with Gasteiger partial charge in [-0.3, -0.25) is 0 Å². The number of hydrogen-bond donors (Lipinski definition) is 0. The molecule has 66 heavy (non-hydrogen) atoms. The maximum absolute atomic E-state index is 6.92. The molecule has 0 bridgehead atoms. The largest absolute Gasteiger partial charge is 0.460 e. The second-order valence-electron chi connectivity index (χ2n) is 18.3. The van der Waals surface area contributed by atoms with E-state index < -0.39 is 0 Å². The molecular weight excluding hydrogens is 809 g/mol. The Morgan fingerprint density at radius 1 is 0.500 bits per heavy atom. The molecule has 0 spiro atoms. The molecule has 6 nitrogen and oxygen atoms in total. The van der Waals surface area contributed by atoms with E-state index in [-0.39, 0.29) is 11.3 Å². The average molecular weight is 849 g/mol. The Morgan fingerprint density at radius 2 is 1.18 bits per heavy atom. The Kier molecular flexibility index (Phi) is 7.76. The number of nitrogens with zero attached hydrogens (tertiary/aromatic N) is 4. The third kappa shape index (κ3) is 5.45. The summed E-state index contributed by atoms with van der Waals surface area (Å²) < 4.78 is 15.7. The van der Waals surface area contributed by atoms with Crippen molar-refractivity contribution < 1.29 is 8.83 Å². The van der Waals surface area contributed by atoms with E-state index in [1.807, 2.05) is 12.1 Å². The number of benzene rings is 8. The smallest absolute Gasteiger partial charge is 0.163 e. The van der Waals surface area contributed by atoms with Crippen LogP contribution in [0.25, 0.3) is 112 Å². The van der Waals surface area contributed by atoms with Crippen LogP contribution in [0.1, 0.15) is 48.0 Å². The van der Waals surface area contributed by atoms with Crippen molar-refractivity contribution in [3.8, 4) is 50.7 Å². The molecule has 2 aliphatic rings. The molecule has 312 valence electrons. The predicted molar refractivity (Wildman–Crippen MR) is 267 cm³/mol. The highest BCUT2D eigenvalue weighted by Crippen LogP contribution is 2.50. The van der Waals surface area contributed by atoms with Gasteiger partial charge in [0.05, 0.1) is 11.0 Å². The summed E-state index contributed by atoms with van der Waals surface area (Å²) in [4.78, 5) is 15.8. The van der Waals surface area contributed by atoms with Crippen molar-refractivity contribution in [3.63, 3.8) is 0 Å². The molecule has 0 fully saturated rings. The maximum atomic E-state index is 6.92. The SMILES string of the molecule is CC1(C)c2ccccc2-c2ccc(-c3nc(-c4ccc5c(c4)oc4c(-c6ccc7c8ccccc8n(-c8ccccc8)c7c6)cccc45)nc(C4C=Cc5c(oc6ccccc56)C4)n3)cc21. The first-order valence-corrected chi connectivity index (χ1v) is 22.7. The van der Waals surface area contributed by atoms with E-state index in [0.29, 0.717) is 23.9 Å². The summed E-state index contributed by atoms with van der Waals surface area (Å²) >= 11 is 0. The maximum Gasteiger partial charge on any atom is 0.163 e. The molecule has 2 aliphatic carbocycles. The lowest BCUT2D eigenvalue weighted by molar-refractivity contribution is 0.527. The number of para-hydroxylation sites is 4. The van der Waals surface area contributed by atoms with Crippen molar-refractivity contribution >= 4 is 60.8 Å². The number of aromatic nitrogens is 4. The summed E-state index contributed by atoms with van der Waals surface area (Å²) in [6, 6.07) is 62.4. The van der Waals surface area contributed by atoms with Gasteiger partial charge in [0.15, 0.2) is 11.6 Å². The fourth-order valence-electron chi connectivity index (χ4n) is 10.9. The van der Waals surface area contributed by atoms with Crippen molar-refractivity contribution in [3.05, 3.63) is 210 Å². The molecule has 0 amide bonds.